The van der Waals surface area contributed by atoms with E-state index in [9.17, 15) is 4.39 Å². The highest BCUT2D eigenvalue weighted by Gasteiger charge is 2.18. The molecule has 106 valence electrons. The van der Waals surface area contributed by atoms with Crippen LogP contribution in [0.25, 0.3) is 0 Å². The predicted molar refractivity (Wildman–Crippen MR) is 77.0 cm³/mol. The molecule has 0 radical (unpaired) electrons. The quantitative estimate of drug-likeness (QED) is 0.934. The van der Waals surface area contributed by atoms with Crippen LogP contribution < -0.4 is 5.73 Å². The lowest BCUT2D eigenvalue weighted by molar-refractivity contribution is 0.609. The maximum atomic E-state index is 13.5. The molecule has 0 spiro atoms. The number of hydrogen-bond donors (Lipinski definition) is 1. The summed E-state index contributed by atoms with van der Waals surface area (Å²) in [6, 6.07) is 4.85. The van der Waals surface area contributed by atoms with Gasteiger partial charge < -0.3 is 10.3 Å². The van der Waals surface area contributed by atoms with Gasteiger partial charge >= 0.3 is 0 Å². The van der Waals surface area contributed by atoms with Crippen molar-refractivity contribution in [2.24, 2.45) is 5.73 Å². The molecule has 2 aromatic rings. The Balaban J connectivity index is 1.99. The zero-order valence-electron chi connectivity index (χ0n) is 11.8. The van der Waals surface area contributed by atoms with Crippen LogP contribution in [0, 0.1) is 12.7 Å². The molecule has 1 aromatic heterocycles. The van der Waals surface area contributed by atoms with E-state index in [1.54, 1.807) is 12.1 Å². The predicted octanol–water partition coefficient (Wildman–Crippen LogP) is 2.72. The molecule has 3 nitrogen and oxygen atoms in total. The summed E-state index contributed by atoms with van der Waals surface area (Å²) in [7, 11) is 0. The lowest BCUT2D eigenvalue weighted by Gasteiger charge is -2.16. The van der Waals surface area contributed by atoms with Crippen molar-refractivity contribution in [1.82, 2.24) is 9.55 Å². The number of nitrogens with zero attached hydrogens (tertiary/aromatic N) is 2. The molecule has 1 heterocycles. The molecule has 3 rings (SSSR count). The van der Waals surface area contributed by atoms with Crippen molar-refractivity contribution in [3.05, 3.63) is 52.4 Å². The number of hydrogen-bond acceptors (Lipinski definition) is 2. The number of rotatable bonds is 3. The van der Waals surface area contributed by atoms with Crippen molar-refractivity contribution < 1.29 is 4.39 Å². The highest BCUT2D eigenvalue weighted by atomic mass is 19.1. The molecule has 20 heavy (non-hydrogen) atoms. The van der Waals surface area contributed by atoms with E-state index in [1.807, 2.05) is 6.92 Å². The number of aromatic nitrogens is 2. The van der Waals surface area contributed by atoms with Gasteiger partial charge in [-0.15, -0.1) is 0 Å². The first kappa shape index (κ1) is 13.3. The molecule has 2 N–H and O–H groups in total. The van der Waals surface area contributed by atoms with Gasteiger partial charge in [-0.05, 0) is 55.9 Å². The number of imidazole rings is 1. The maximum Gasteiger partial charge on any atom is 0.123 e. The smallest absolute Gasteiger partial charge is 0.123 e. The normalized spacial score (nSPS) is 14.3. The number of aryl methyl sites for hydroxylation is 2. The van der Waals surface area contributed by atoms with Crippen LogP contribution in [0.2, 0.25) is 0 Å². The lowest BCUT2D eigenvalue weighted by atomic mass is 10.0. The molecule has 1 aliphatic carbocycles. The summed E-state index contributed by atoms with van der Waals surface area (Å²) < 4.78 is 15.7. The molecule has 0 atom stereocenters. The summed E-state index contributed by atoms with van der Waals surface area (Å²) in [5.41, 5.74) is 10.3. The third kappa shape index (κ3) is 2.36. The van der Waals surface area contributed by atoms with Crippen LogP contribution in [0.1, 0.15) is 41.2 Å². The Hall–Kier alpha value is -1.68. The summed E-state index contributed by atoms with van der Waals surface area (Å²) in [5.74, 6) is 0.813. The van der Waals surface area contributed by atoms with E-state index in [0.29, 0.717) is 13.1 Å². The maximum absolute atomic E-state index is 13.5. The van der Waals surface area contributed by atoms with Gasteiger partial charge in [0.1, 0.15) is 11.6 Å². The zero-order chi connectivity index (χ0) is 14.1. The Morgan fingerprint density at radius 3 is 2.85 bits per heavy atom. The van der Waals surface area contributed by atoms with Gasteiger partial charge in [-0.2, -0.15) is 0 Å². The van der Waals surface area contributed by atoms with E-state index in [1.165, 1.54) is 30.3 Å². The molecular formula is C16H20FN3. The number of nitrogens with two attached hydrogens (primary N) is 1. The Kier molecular flexibility index (Phi) is 3.57. The lowest BCUT2D eigenvalue weighted by Crippen LogP contribution is -2.12. The van der Waals surface area contributed by atoms with Crippen LogP contribution in [0.15, 0.2) is 18.2 Å². The summed E-state index contributed by atoms with van der Waals surface area (Å²) in [6.07, 6.45) is 4.57. The molecular weight excluding hydrogens is 253 g/mol. The van der Waals surface area contributed by atoms with Gasteiger partial charge in [0.2, 0.25) is 0 Å². The van der Waals surface area contributed by atoms with Crippen LogP contribution in [0.3, 0.4) is 0 Å². The van der Waals surface area contributed by atoms with Gasteiger partial charge in [-0.1, -0.05) is 6.07 Å². The number of benzene rings is 1. The van der Waals surface area contributed by atoms with Crippen LogP contribution in [-0.2, 0) is 25.9 Å². The first-order valence-corrected chi connectivity index (χ1v) is 7.21. The third-order valence-corrected chi connectivity index (χ3v) is 4.14. The Labute approximate surface area is 118 Å². The van der Waals surface area contributed by atoms with E-state index in [-0.39, 0.29) is 5.82 Å². The van der Waals surface area contributed by atoms with Crippen LogP contribution >= 0.6 is 0 Å². The van der Waals surface area contributed by atoms with Gasteiger partial charge in [0.15, 0.2) is 0 Å². The van der Waals surface area contributed by atoms with E-state index in [4.69, 9.17) is 5.73 Å². The zero-order valence-corrected chi connectivity index (χ0v) is 11.8. The first-order valence-electron chi connectivity index (χ1n) is 7.21. The second-order valence-electron chi connectivity index (χ2n) is 5.46. The molecule has 4 heteroatoms. The van der Waals surface area contributed by atoms with Gasteiger partial charge in [-0.3, -0.25) is 0 Å². The van der Waals surface area contributed by atoms with Crippen molar-refractivity contribution in [1.29, 1.82) is 0 Å². The summed E-state index contributed by atoms with van der Waals surface area (Å²) in [6.45, 7) is 3.13. The molecule has 0 unspecified atom stereocenters. The minimum absolute atomic E-state index is 0.205. The van der Waals surface area contributed by atoms with Gasteiger partial charge in [0.05, 0.1) is 5.69 Å². The second kappa shape index (κ2) is 5.37. The molecule has 0 bridgehead atoms. The van der Waals surface area contributed by atoms with Gasteiger partial charge in [0, 0.05) is 18.8 Å². The topological polar surface area (TPSA) is 43.8 Å². The van der Waals surface area contributed by atoms with Crippen molar-refractivity contribution in [3.8, 4) is 0 Å². The number of fused-ring (bicyclic) bond motifs is 1. The second-order valence-corrected chi connectivity index (χ2v) is 5.46. The summed E-state index contributed by atoms with van der Waals surface area (Å²) in [5, 5.41) is 0. The SMILES string of the molecule is Cc1nc2c(n1Cc1cc(F)ccc1CN)CCCC2. The molecule has 1 aromatic carbocycles. The highest BCUT2D eigenvalue weighted by molar-refractivity contribution is 5.30. The van der Waals surface area contributed by atoms with Gasteiger partial charge in [-0.25, -0.2) is 9.37 Å². The highest BCUT2D eigenvalue weighted by Crippen LogP contribution is 2.24. The van der Waals surface area contributed by atoms with E-state index < -0.39 is 0 Å². The minimum Gasteiger partial charge on any atom is -0.328 e. The minimum atomic E-state index is -0.205. The standard InChI is InChI=1S/C16H20FN3/c1-11-19-15-4-2-3-5-16(15)20(11)10-13-8-14(17)7-6-12(13)9-18/h6-8H,2-5,9-10,18H2,1H3. The number of halogens is 1. The van der Waals surface area contributed by atoms with Gasteiger partial charge in [0.25, 0.3) is 0 Å². The van der Waals surface area contributed by atoms with E-state index in [2.05, 4.69) is 9.55 Å². The Morgan fingerprint density at radius 2 is 2.05 bits per heavy atom. The average Bonchev–Trinajstić information content (AvgIpc) is 2.76. The van der Waals surface area contributed by atoms with Crippen molar-refractivity contribution >= 4 is 0 Å². The monoisotopic (exact) mass is 273 g/mol. The largest absolute Gasteiger partial charge is 0.328 e. The molecule has 0 saturated heterocycles. The van der Waals surface area contributed by atoms with E-state index >= 15 is 0 Å². The molecule has 0 amide bonds. The van der Waals surface area contributed by atoms with E-state index in [0.717, 1.165) is 29.8 Å². The van der Waals surface area contributed by atoms with Crippen LogP contribution in [-0.4, -0.2) is 9.55 Å². The molecule has 0 aliphatic heterocycles. The van der Waals surface area contributed by atoms with Crippen molar-refractivity contribution in [2.45, 2.75) is 45.7 Å². The summed E-state index contributed by atoms with van der Waals surface area (Å²) >= 11 is 0. The first-order chi connectivity index (χ1) is 9.69. The van der Waals surface area contributed by atoms with Crippen LogP contribution in [0.5, 0.6) is 0 Å². The van der Waals surface area contributed by atoms with Crippen LogP contribution in [0.4, 0.5) is 4.39 Å². The molecule has 0 saturated carbocycles. The Morgan fingerprint density at radius 1 is 1.25 bits per heavy atom. The Bertz CT molecular complexity index is 631. The summed E-state index contributed by atoms with van der Waals surface area (Å²) in [4.78, 5) is 4.66. The molecule has 0 fully saturated rings. The fourth-order valence-corrected chi connectivity index (χ4v) is 3.06. The fourth-order valence-electron chi connectivity index (χ4n) is 3.06. The van der Waals surface area contributed by atoms with Crippen molar-refractivity contribution in [2.75, 3.05) is 0 Å². The third-order valence-electron chi connectivity index (χ3n) is 4.14. The average molecular weight is 273 g/mol. The van der Waals surface area contributed by atoms with Crippen molar-refractivity contribution in [3.63, 3.8) is 0 Å². The molecule has 1 aliphatic rings. The fraction of sp³-hybridized carbons (Fsp3) is 0.438.